The average molecular weight is 314 g/mol. The molecule has 21 heavy (non-hydrogen) atoms. The van der Waals surface area contributed by atoms with Gasteiger partial charge in [0, 0.05) is 48.0 Å². The molecule has 0 aromatic heterocycles. The minimum Gasteiger partial charge on any atom is -0.465 e. The Balaban J connectivity index is 1.73. The van der Waals surface area contributed by atoms with Crippen molar-refractivity contribution in [2.24, 2.45) is 5.92 Å². The largest absolute Gasteiger partial charge is 0.465 e. The SMILES string of the molecule is CCOC(=O)C(CN1CCS(=O)CC1)(NC1CC1)C1CC1. The van der Waals surface area contributed by atoms with E-state index in [1.807, 2.05) is 6.92 Å². The van der Waals surface area contributed by atoms with Crippen molar-refractivity contribution in [1.82, 2.24) is 10.2 Å². The number of nitrogens with zero attached hydrogens (tertiary/aromatic N) is 1. The molecule has 0 aromatic rings. The van der Waals surface area contributed by atoms with Gasteiger partial charge in [-0.3, -0.25) is 14.4 Å². The molecule has 5 nitrogen and oxygen atoms in total. The van der Waals surface area contributed by atoms with Crippen LogP contribution in [0.25, 0.3) is 0 Å². The lowest BCUT2D eigenvalue weighted by Crippen LogP contribution is -2.63. The molecule has 3 aliphatic rings. The van der Waals surface area contributed by atoms with Crippen molar-refractivity contribution in [2.75, 3.05) is 37.7 Å². The topological polar surface area (TPSA) is 58.6 Å². The molecule has 1 N–H and O–H groups in total. The first-order valence-electron chi connectivity index (χ1n) is 8.16. The van der Waals surface area contributed by atoms with E-state index in [4.69, 9.17) is 4.74 Å². The number of ether oxygens (including phenoxy) is 1. The lowest BCUT2D eigenvalue weighted by molar-refractivity contribution is -0.153. The third-order valence-electron chi connectivity index (χ3n) is 4.70. The standard InChI is InChI=1S/C15H26N2O3S/c1-2-20-14(18)15(12-3-4-12,16-13-5-6-13)11-17-7-9-21(19)10-8-17/h12-13,16H,2-11H2,1H3. The second-order valence-electron chi connectivity index (χ2n) is 6.51. The molecular formula is C15H26N2O3S. The first-order chi connectivity index (χ1) is 10.1. The summed E-state index contributed by atoms with van der Waals surface area (Å²) in [6.45, 7) is 4.67. The lowest BCUT2D eigenvalue weighted by Gasteiger charge is -2.39. The fourth-order valence-corrected chi connectivity index (χ4v) is 4.32. The molecule has 2 saturated carbocycles. The summed E-state index contributed by atoms with van der Waals surface area (Å²) < 4.78 is 16.9. The molecule has 0 spiro atoms. The van der Waals surface area contributed by atoms with Crippen LogP contribution in [0.4, 0.5) is 0 Å². The van der Waals surface area contributed by atoms with E-state index in [0.717, 1.165) is 50.3 Å². The van der Waals surface area contributed by atoms with Crippen LogP contribution in [0.2, 0.25) is 0 Å². The fourth-order valence-electron chi connectivity index (χ4n) is 3.20. The van der Waals surface area contributed by atoms with Gasteiger partial charge in [0.05, 0.1) is 6.61 Å². The van der Waals surface area contributed by atoms with E-state index in [2.05, 4.69) is 10.2 Å². The molecule has 2 aliphatic carbocycles. The fraction of sp³-hybridized carbons (Fsp3) is 0.933. The lowest BCUT2D eigenvalue weighted by atomic mass is 9.91. The summed E-state index contributed by atoms with van der Waals surface area (Å²) in [5, 5.41) is 3.62. The zero-order valence-corrected chi connectivity index (χ0v) is 13.6. The highest BCUT2D eigenvalue weighted by Gasteiger charge is 2.54. The first-order valence-corrected chi connectivity index (χ1v) is 9.65. The van der Waals surface area contributed by atoms with Crippen molar-refractivity contribution in [2.45, 2.75) is 44.2 Å². The Morgan fingerprint density at radius 3 is 2.48 bits per heavy atom. The zero-order chi connectivity index (χ0) is 14.9. The Bertz CT molecular complexity index is 413. The Labute approximate surface area is 129 Å². The molecule has 120 valence electrons. The molecule has 0 amide bonds. The van der Waals surface area contributed by atoms with Gasteiger partial charge >= 0.3 is 5.97 Å². The minimum absolute atomic E-state index is 0.0777. The van der Waals surface area contributed by atoms with Crippen LogP contribution < -0.4 is 5.32 Å². The Kier molecular flexibility index (Phi) is 4.66. The number of hydrogen-bond donors (Lipinski definition) is 1. The van der Waals surface area contributed by atoms with Gasteiger partial charge in [-0.25, -0.2) is 4.79 Å². The van der Waals surface area contributed by atoms with Gasteiger partial charge in [-0.15, -0.1) is 0 Å². The predicted octanol–water partition coefficient (Wildman–Crippen LogP) is 0.515. The molecule has 1 aliphatic heterocycles. The molecule has 1 saturated heterocycles. The number of nitrogens with one attached hydrogen (secondary N) is 1. The zero-order valence-electron chi connectivity index (χ0n) is 12.8. The van der Waals surface area contributed by atoms with Crippen LogP contribution in [-0.4, -0.2) is 64.4 Å². The van der Waals surface area contributed by atoms with Crippen LogP contribution in [-0.2, 0) is 20.3 Å². The third-order valence-corrected chi connectivity index (χ3v) is 5.97. The molecule has 0 radical (unpaired) electrons. The number of esters is 1. The van der Waals surface area contributed by atoms with Crippen LogP contribution in [0, 0.1) is 5.92 Å². The van der Waals surface area contributed by atoms with Crippen molar-refractivity contribution in [3.63, 3.8) is 0 Å². The molecule has 0 bridgehead atoms. The van der Waals surface area contributed by atoms with Gasteiger partial charge < -0.3 is 4.74 Å². The second-order valence-corrected chi connectivity index (χ2v) is 8.21. The molecule has 0 aromatic carbocycles. The van der Waals surface area contributed by atoms with E-state index in [1.54, 1.807) is 0 Å². The predicted molar refractivity (Wildman–Crippen MR) is 82.6 cm³/mol. The highest BCUT2D eigenvalue weighted by Crippen LogP contribution is 2.43. The summed E-state index contributed by atoms with van der Waals surface area (Å²) in [6, 6.07) is 0.480. The molecule has 1 heterocycles. The van der Waals surface area contributed by atoms with Gasteiger partial charge in [-0.1, -0.05) is 0 Å². The summed E-state index contributed by atoms with van der Waals surface area (Å²) in [6.07, 6.45) is 4.55. The molecular weight excluding hydrogens is 288 g/mol. The Morgan fingerprint density at radius 2 is 1.95 bits per heavy atom. The minimum atomic E-state index is -0.675. The number of rotatable bonds is 7. The normalized spacial score (nSPS) is 27.3. The second kappa shape index (κ2) is 6.34. The molecule has 6 heteroatoms. The van der Waals surface area contributed by atoms with Crippen molar-refractivity contribution in [1.29, 1.82) is 0 Å². The van der Waals surface area contributed by atoms with Crippen molar-refractivity contribution < 1.29 is 13.7 Å². The van der Waals surface area contributed by atoms with Crippen molar-refractivity contribution >= 4 is 16.8 Å². The van der Waals surface area contributed by atoms with Crippen LogP contribution in [0.15, 0.2) is 0 Å². The van der Waals surface area contributed by atoms with Crippen molar-refractivity contribution in [3.05, 3.63) is 0 Å². The van der Waals surface area contributed by atoms with Crippen LogP contribution in [0.3, 0.4) is 0 Å². The number of carbonyl (C=O) groups is 1. The number of carbonyl (C=O) groups excluding carboxylic acids is 1. The van der Waals surface area contributed by atoms with Gasteiger partial charge in [-0.2, -0.15) is 0 Å². The van der Waals surface area contributed by atoms with E-state index in [1.165, 1.54) is 0 Å². The van der Waals surface area contributed by atoms with Gasteiger partial charge in [0.15, 0.2) is 0 Å². The van der Waals surface area contributed by atoms with E-state index < -0.39 is 16.3 Å². The maximum absolute atomic E-state index is 12.7. The smallest absolute Gasteiger partial charge is 0.327 e. The maximum Gasteiger partial charge on any atom is 0.327 e. The van der Waals surface area contributed by atoms with E-state index >= 15 is 0 Å². The maximum atomic E-state index is 12.7. The summed E-state index contributed by atoms with van der Waals surface area (Å²) in [5.41, 5.74) is -0.532. The first kappa shape index (κ1) is 15.4. The highest BCUT2D eigenvalue weighted by molar-refractivity contribution is 7.85. The van der Waals surface area contributed by atoms with Gasteiger partial charge in [-0.05, 0) is 38.5 Å². The van der Waals surface area contributed by atoms with Gasteiger partial charge in [0.25, 0.3) is 0 Å². The Hall–Kier alpha value is -0.460. The highest BCUT2D eigenvalue weighted by atomic mass is 32.2. The Morgan fingerprint density at radius 1 is 1.29 bits per heavy atom. The quantitative estimate of drug-likeness (QED) is 0.694. The molecule has 3 fully saturated rings. The van der Waals surface area contributed by atoms with Crippen LogP contribution >= 0.6 is 0 Å². The monoisotopic (exact) mass is 314 g/mol. The number of hydrogen-bond acceptors (Lipinski definition) is 5. The van der Waals surface area contributed by atoms with E-state index in [9.17, 15) is 9.00 Å². The summed E-state index contributed by atoms with van der Waals surface area (Å²) >= 11 is 0. The van der Waals surface area contributed by atoms with E-state index in [0.29, 0.717) is 25.1 Å². The average Bonchev–Trinajstić information content (AvgIpc) is 3.34. The summed E-state index contributed by atoms with van der Waals surface area (Å²) in [4.78, 5) is 15.0. The van der Waals surface area contributed by atoms with E-state index in [-0.39, 0.29) is 5.97 Å². The molecule has 1 atom stereocenters. The molecule has 3 rings (SSSR count). The van der Waals surface area contributed by atoms with Crippen LogP contribution in [0.1, 0.15) is 32.6 Å². The van der Waals surface area contributed by atoms with Gasteiger partial charge in [0.1, 0.15) is 5.54 Å². The molecule has 1 unspecified atom stereocenters. The third kappa shape index (κ3) is 3.66. The summed E-state index contributed by atoms with van der Waals surface area (Å²) in [5.74, 6) is 1.79. The van der Waals surface area contributed by atoms with Crippen molar-refractivity contribution in [3.8, 4) is 0 Å². The van der Waals surface area contributed by atoms with Gasteiger partial charge in [0.2, 0.25) is 0 Å². The summed E-state index contributed by atoms with van der Waals surface area (Å²) in [7, 11) is -0.675. The van der Waals surface area contributed by atoms with Crippen LogP contribution in [0.5, 0.6) is 0 Å².